The fourth-order valence-electron chi connectivity index (χ4n) is 1.37. The Morgan fingerprint density at radius 2 is 1.94 bits per heavy atom. The largest absolute Gasteiger partial charge is 0.478 e. The summed E-state index contributed by atoms with van der Waals surface area (Å²) in [5.41, 5.74) is -1.24. The zero-order chi connectivity index (χ0) is 14.1. The van der Waals surface area contributed by atoms with Crippen LogP contribution in [0, 0.1) is 6.92 Å². The molecule has 0 bridgehead atoms. The first-order chi connectivity index (χ1) is 8.04. The maximum absolute atomic E-state index is 10.9. The van der Waals surface area contributed by atoms with Gasteiger partial charge in [-0.05, 0) is 40.7 Å². The number of nitrogens with one attached hydrogen (secondary N) is 1. The Morgan fingerprint density at radius 1 is 1.39 bits per heavy atom. The molecule has 1 rings (SSSR count). The molecule has 0 aliphatic carbocycles. The summed E-state index contributed by atoms with van der Waals surface area (Å²) in [5.74, 6) is -0.0631. The second kappa shape index (κ2) is 4.74. The van der Waals surface area contributed by atoms with E-state index < -0.39 is 17.1 Å². The average Bonchev–Trinajstić information content (AvgIpc) is 2.55. The molecule has 3 N–H and O–H groups in total. The second-order valence-electron chi connectivity index (χ2n) is 5.53. The molecule has 0 amide bonds. The van der Waals surface area contributed by atoms with Crippen molar-refractivity contribution in [2.24, 2.45) is 0 Å². The Bertz CT molecular complexity index is 440. The maximum atomic E-state index is 10.9. The minimum absolute atomic E-state index is 0.174. The summed E-state index contributed by atoms with van der Waals surface area (Å²) >= 11 is 0. The van der Waals surface area contributed by atoms with Crippen LogP contribution in [0.15, 0.2) is 10.5 Å². The van der Waals surface area contributed by atoms with Crippen molar-refractivity contribution in [3.8, 4) is 0 Å². The van der Waals surface area contributed by atoms with Gasteiger partial charge in [0.1, 0.15) is 17.1 Å². The van der Waals surface area contributed by atoms with E-state index in [0.29, 0.717) is 18.1 Å². The van der Waals surface area contributed by atoms with Crippen LogP contribution in [-0.2, 0) is 6.54 Å². The van der Waals surface area contributed by atoms with E-state index >= 15 is 0 Å². The third-order valence-corrected chi connectivity index (χ3v) is 3.43. The molecule has 5 nitrogen and oxygen atoms in total. The molecule has 0 radical (unpaired) electrons. The molecule has 0 saturated carbocycles. The molecule has 0 spiro atoms. The number of aryl methyl sites for hydroxylation is 1. The van der Waals surface area contributed by atoms with Gasteiger partial charge in [-0.15, -0.1) is 0 Å². The van der Waals surface area contributed by atoms with Gasteiger partial charge in [-0.1, -0.05) is 0 Å². The minimum Gasteiger partial charge on any atom is -0.478 e. The molecule has 1 aromatic rings. The zero-order valence-corrected chi connectivity index (χ0v) is 11.5. The summed E-state index contributed by atoms with van der Waals surface area (Å²) in [7, 11) is 0. The van der Waals surface area contributed by atoms with Crippen molar-refractivity contribution in [1.29, 1.82) is 0 Å². The van der Waals surface area contributed by atoms with Gasteiger partial charge < -0.3 is 19.9 Å². The van der Waals surface area contributed by atoms with Crippen LogP contribution in [0.25, 0.3) is 0 Å². The van der Waals surface area contributed by atoms with Gasteiger partial charge in [-0.25, -0.2) is 4.79 Å². The van der Waals surface area contributed by atoms with Gasteiger partial charge in [0.05, 0.1) is 12.1 Å². The number of carbonyl (C=O) groups is 1. The van der Waals surface area contributed by atoms with Crippen LogP contribution in [0.2, 0.25) is 0 Å². The molecule has 0 atom stereocenters. The number of aliphatic hydroxyl groups is 1. The SMILES string of the molecule is Cc1oc(CNC(C)(C)C(C)(C)O)cc1C(=O)O. The quantitative estimate of drug-likeness (QED) is 0.748. The first-order valence-corrected chi connectivity index (χ1v) is 5.84. The topological polar surface area (TPSA) is 82.7 Å². The average molecular weight is 255 g/mol. The molecule has 0 unspecified atom stereocenters. The van der Waals surface area contributed by atoms with Gasteiger partial charge in [0.2, 0.25) is 0 Å². The van der Waals surface area contributed by atoms with Crippen molar-refractivity contribution >= 4 is 5.97 Å². The van der Waals surface area contributed by atoms with Crippen LogP contribution in [0.4, 0.5) is 0 Å². The summed E-state index contributed by atoms with van der Waals surface area (Å²) < 4.78 is 5.36. The number of carboxylic acids is 1. The van der Waals surface area contributed by atoms with Crippen molar-refractivity contribution in [2.45, 2.75) is 52.3 Å². The van der Waals surface area contributed by atoms with Crippen molar-refractivity contribution in [2.75, 3.05) is 0 Å². The predicted molar refractivity (Wildman–Crippen MR) is 67.6 cm³/mol. The Kier molecular flexibility index (Phi) is 3.88. The normalized spacial score (nSPS) is 12.8. The van der Waals surface area contributed by atoms with Crippen LogP contribution in [0.3, 0.4) is 0 Å². The molecule has 0 fully saturated rings. The summed E-state index contributed by atoms with van der Waals surface area (Å²) in [6, 6.07) is 1.51. The Balaban J connectivity index is 2.76. The third-order valence-electron chi connectivity index (χ3n) is 3.43. The molecule has 0 aromatic carbocycles. The standard InChI is InChI=1S/C13H21NO4/c1-8-10(11(15)16)6-9(18-8)7-14-12(2,3)13(4,5)17/h6,14,17H,7H2,1-5H3,(H,15,16). The van der Waals surface area contributed by atoms with Crippen LogP contribution < -0.4 is 5.32 Å². The second-order valence-corrected chi connectivity index (χ2v) is 5.53. The maximum Gasteiger partial charge on any atom is 0.339 e. The molecule has 0 aliphatic rings. The van der Waals surface area contributed by atoms with Gasteiger partial charge >= 0.3 is 5.97 Å². The lowest BCUT2D eigenvalue weighted by molar-refractivity contribution is -0.00604. The van der Waals surface area contributed by atoms with Gasteiger partial charge in [-0.2, -0.15) is 0 Å². The van der Waals surface area contributed by atoms with Crippen LogP contribution >= 0.6 is 0 Å². The fraction of sp³-hybridized carbons (Fsp3) is 0.615. The van der Waals surface area contributed by atoms with E-state index in [-0.39, 0.29) is 5.56 Å². The molecule has 0 saturated heterocycles. The minimum atomic E-state index is -0.996. The Morgan fingerprint density at radius 3 is 2.33 bits per heavy atom. The highest BCUT2D eigenvalue weighted by Gasteiger charge is 2.34. The molecular weight excluding hydrogens is 234 g/mol. The Labute approximate surface area is 107 Å². The smallest absolute Gasteiger partial charge is 0.339 e. The zero-order valence-electron chi connectivity index (χ0n) is 11.5. The molecule has 1 heterocycles. The summed E-state index contributed by atoms with van der Waals surface area (Å²) in [4.78, 5) is 10.9. The first kappa shape index (κ1) is 14.7. The lowest BCUT2D eigenvalue weighted by atomic mass is 9.86. The predicted octanol–water partition coefficient (Wildman–Crippen LogP) is 1.93. The molecule has 0 aliphatic heterocycles. The molecule has 1 aromatic heterocycles. The van der Waals surface area contributed by atoms with Crippen molar-refractivity contribution in [3.05, 3.63) is 23.2 Å². The third kappa shape index (κ3) is 3.11. The van der Waals surface area contributed by atoms with Crippen molar-refractivity contribution < 1.29 is 19.4 Å². The van der Waals surface area contributed by atoms with Gasteiger partial charge in [0, 0.05) is 5.54 Å². The monoisotopic (exact) mass is 255 g/mol. The first-order valence-electron chi connectivity index (χ1n) is 5.84. The Hall–Kier alpha value is -1.33. The van der Waals surface area contributed by atoms with E-state index in [0.717, 1.165) is 0 Å². The highest BCUT2D eigenvalue weighted by molar-refractivity contribution is 5.88. The van der Waals surface area contributed by atoms with Crippen LogP contribution in [0.1, 0.15) is 49.6 Å². The summed E-state index contributed by atoms with van der Waals surface area (Å²) in [6.07, 6.45) is 0. The lowest BCUT2D eigenvalue weighted by Crippen LogP contribution is -2.55. The number of aromatic carboxylic acids is 1. The number of hydrogen-bond donors (Lipinski definition) is 3. The number of carboxylic acid groups (broad SMARTS) is 1. The van der Waals surface area contributed by atoms with Gasteiger partial charge in [0.25, 0.3) is 0 Å². The van der Waals surface area contributed by atoms with E-state index in [4.69, 9.17) is 9.52 Å². The van der Waals surface area contributed by atoms with E-state index in [1.165, 1.54) is 6.07 Å². The number of rotatable bonds is 5. The molecule has 18 heavy (non-hydrogen) atoms. The molecule has 5 heteroatoms. The van der Waals surface area contributed by atoms with E-state index in [2.05, 4.69) is 5.32 Å². The van der Waals surface area contributed by atoms with E-state index in [9.17, 15) is 9.90 Å². The van der Waals surface area contributed by atoms with Gasteiger partial charge in [0.15, 0.2) is 0 Å². The highest BCUT2D eigenvalue weighted by Crippen LogP contribution is 2.22. The van der Waals surface area contributed by atoms with Crippen LogP contribution in [0.5, 0.6) is 0 Å². The van der Waals surface area contributed by atoms with E-state index in [1.54, 1.807) is 20.8 Å². The number of hydrogen-bond acceptors (Lipinski definition) is 4. The van der Waals surface area contributed by atoms with Crippen LogP contribution in [-0.4, -0.2) is 27.3 Å². The molecule has 102 valence electrons. The molecular formula is C13H21NO4. The lowest BCUT2D eigenvalue weighted by Gasteiger charge is -2.38. The summed E-state index contributed by atoms with van der Waals surface area (Å²) in [5, 5.41) is 22.1. The van der Waals surface area contributed by atoms with Crippen molar-refractivity contribution in [1.82, 2.24) is 5.32 Å². The van der Waals surface area contributed by atoms with Crippen molar-refractivity contribution in [3.63, 3.8) is 0 Å². The van der Waals surface area contributed by atoms with E-state index in [1.807, 2.05) is 13.8 Å². The number of furan rings is 1. The summed E-state index contributed by atoms with van der Waals surface area (Å²) in [6.45, 7) is 9.17. The van der Waals surface area contributed by atoms with Gasteiger partial charge in [-0.3, -0.25) is 0 Å². The highest BCUT2D eigenvalue weighted by atomic mass is 16.4. The fourth-order valence-corrected chi connectivity index (χ4v) is 1.37.